The van der Waals surface area contributed by atoms with Crippen molar-refractivity contribution in [3.05, 3.63) is 28.2 Å². The molecule has 2 rings (SSSR count). The number of nitrogens with one attached hydrogen (secondary N) is 2. The number of rotatable bonds is 4. The second kappa shape index (κ2) is 6.13. The first-order chi connectivity index (χ1) is 9.35. The molecule has 0 radical (unpaired) electrons. The summed E-state index contributed by atoms with van der Waals surface area (Å²) >= 11 is 3.41. The van der Waals surface area contributed by atoms with Crippen molar-refractivity contribution in [3.8, 4) is 0 Å². The van der Waals surface area contributed by atoms with Gasteiger partial charge in [0.05, 0.1) is 18.1 Å². The van der Waals surface area contributed by atoms with E-state index in [1.165, 1.54) is 0 Å². The Balaban J connectivity index is 1.82. The van der Waals surface area contributed by atoms with Crippen molar-refractivity contribution in [2.75, 3.05) is 23.4 Å². The molecule has 2 N–H and O–H groups in total. The third-order valence-corrected chi connectivity index (χ3v) is 5.87. The van der Waals surface area contributed by atoms with E-state index in [9.17, 15) is 13.2 Å². The molecule has 1 aliphatic heterocycles. The van der Waals surface area contributed by atoms with Gasteiger partial charge in [-0.2, -0.15) is 0 Å². The van der Waals surface area contributed by atoms with Gasteiger partial charge in [0, 0.05) is 16.2 Å². The third-order valence-electron chi connectivity index (χ3n) is 3.21. The molecule has 0 aromatic heterocycles. The fraction of sp³-hybridized carbons (Fsp3) is 0.462. The summed E-state index contributed by atoms with van der Waals surface area (Å²) in [7, 11) is -2.96. The van der Waals surface area contributed by atoms with Gasteiger partial charge >= 0.3 is 0 Å². The summed E-state index contributed by atoms with van der Waals surface area (Å²) < 4.78 is 23.6. The second-order valence-electron chi connectivity index (χ2n) is 4.98. The standard InChI is InChI=1S/C13H17BrN2O3S/c1-9-6-10(2-3-12(9)14)15-7-13(17)16-11-4-5-20(18,19)8-11/h2-3,6,11,15H,4-5,7-8H2,1H3,(H,16,17). The largest absolute Gasteiger partial charge is 0.376 e. The summed E-state index contributed by atoms with van der Waals surface area (Å²) in [6.07, 6.45) is 0.505. The maximum Gasteiger partial charge on any atom is 0.239 e. The fourth-order valence-corrected chi connectivity index (χ4v) is 4.04. The van der Waals surface area contributed by atoms with E-state index >= 15 is 0 Å². The molecule has 1 heterocycles. The summed E-state index contributed by atoms with van der Waals surface area (Å²) in [5.74, 6) is 0.0283. The van der Waals surface area contributed by atoms with E-state index in [0.717, 1.165) is 15.7 Å². The van der Waals surface area contributed by atoms with Crippen LogP contribution in [-0.4, -0.2) is 38.4 Å². The first kappa shape index (κ1) is 15.3. The highest BCUT2D eigenvalue weighted by atomic mass is 79.9. The van der Waals surface area contributed by atoms with Gasteiger partial charge in [-0.15, -0.1) is 0 Å². The smallest absolute Gasteiger partial charge is 0.239 e. The van der Waals surface area contributed by atoms with Crippen LogP contribution in [-0.2, 0) is 14.6 Å². The minimum absolute atomic E-state index is 0.0517. The van der Waals surface area contributed by atoms with E-state index < -0.39 is 9.84 Å². The number of anilines is 1. The molecule has 1 aromatic carbocycles. The van der Waals surface area contributed by atoms with Crippen LogP contribution < -0.4 is 10.6 Å². The average molecular weight is 361 g/mol. The van der Waals surface area contributed by atoms with Crippen LogP contribution in [0.1, 0.15) is 12.0 Å². The SMILES string of the molecule is Cc1cc(NCC(=O)NC2CCS(=O)(=O)C2)ccc1Br. The minimum Gasteiger partial charge on any atom is -0.376 e. The van der Waals surface area contributed by atoms with Gasteiger partial charge in [-0.3, -0.25) is 4.79 Å². The Morgan fingerprint density at radius 3 is 2.80 bits per heavy atom. The third kappa shape index (κ3) is 4.21. The topological polar surface area (TPSA) is 75.3 Å². The molecule has 1 fully saturated rings. The zero-order valence-electron chi connectivity index (χ0n) is 11.1. The number of carbonyl (C=O) groups is 1. The highest BCUT2D eigenvalue weighted by molar-refractivity contribution is 9.10. The Labute approximate surface area is 127 Å². The Kier molecular flexibility index (Phi) is 4.70. The number of amides is 1. The van der Waals surface area contributed by atoms with Gasteiger partial charge in [-0.25, -0.2) is 8.42 Å². The zero-order chi connectivity index (χ0) is 14.8. The Hall–Kier alpha value is -1.08. The van der Waals surface area contributed by atoms with Crippen LogP contribution in [0.4, 0.5) is 5.69 Å². The number of hydrogen-bond donors (Lipinski definition) is 2. The molecule has 1 atom stereocenters. The molecular formula is C13H17BrN2O3S. The Bertz CT molecular complexity index is 616. The molecule has 20 heavy (non-hydrogen) atoms. The van der Waals surface area contributed by atoms with Crippen LogP contribution in [0.3, 0.4) is 0 Å². The molecule has 0 saturated carbocycles. The van der Waals surface area contributed by atoms with Gasteiger partial charge < -0.3 is 10.6 Å². The second-order valence-corrected chi connectivity index (χ2v) is 8.07. The number of carbonyl (C=O) groups excluding carboxylic acids is 1. The lowest BCUT2D eigenvalue weighted by Crippen LogP contribution is -2.39. The fourth-order valence-electron chi connectivity index (χ4n) is 2.12. The highest BCUT2D eigenvalue weighted by Crippen LogP contribution is 2.19. The van der Waals surface area contributed by atoms with Crippen molar-refractivity contribution in [2.45, 2.75) is 19.4 Å². The van der Waals surface area contributed by atoms with Crippen molar-refractivity contribution in [2.24, 2.45) is 0 Å². The lowest BCUT2D eigenvalue weighted by molar-refractivity contribution is -0.119. The molecule has 1 aromatic rings. The summed E-state index contributed by atoms with van der Waals surface area (Å²) in [5, 5.41) is 5.77. The maximum atomic E-state index is 11.8. The molecule has 0 spiro atoms. The number of aryl methyl sites for hydroxylation is 1. The van der Waals surface area contributed by atoms with Crippen LogP contribution in [0.2, 0.25) is 0 Å². The van der Waals surface area contributed by atoms with Gasteiger partial charge in [0.1, 0.15) is 0 Å². The Morgan fingerprint density at radius 2 is 2.20 bits per heavy atom. The van der Waals surface area contributed by atoms with Gasteiger partial charge in [0.15, 0.2) is 9.84 Å². The van der Waals surface area contributed by atoms with Gasteiger partial charge in [-0.05, 0) is 37.1 Å². The molecule has 0 aliphatic carbocycles. The van der Waals surface area contributed by atoms with Crippen LogP contribution in [0.25, 0.3) is 0 Å². The molecule has 1 amide bonds. The lowest BCUT2D eigenvalue weighted by atomic mass is 10.2. The molecule has 1 aliphatic rings. The summed E-state index contributed by atoms with van der Waals surface area (Å²) in [6, 6.07) is 5.49. The predicted octanol–water partition coefficient (Wildman–Crippen LogP) is 1.47. The zero-order valence-corrected chi connectivity index (χ0v) is 13.6. The summed E-state index contributed by atoms with van der Waals surface area (Å²) in [5.41, 5.74) is 1.94. The molecule has 1 saturated heterocycles. The van der Waals surface area contributed by atoms with Crippen molar-refractivity contribution in [3.63, 3.8) is 0 Å². The van der Waals surface area contributed by atoms with E-state index in [4.69, 9.17) is 0 Å². The van der Waals surface area contributed by atoms with Crippen molar-refractivity contribution < 1.29 is 13.2 Å². The van der Waals surface area contributed by atoms with Gasteiger partial charge in [0.25, 0.3) is 0 Å². The van der Waals surface area contributed by atoms with E-state index in [0.29, 0.717) is 6.42 Å². The summed E-state index contributed by atoms with van der Waals surface area (Å²) in [4.78, 5) is 11.8. The Morgan fingerprint density at radius 1 is 1.45 bits per heavy atom. The summed E-state index contributed by atoms with van der Waals surface area (Å²) in [6.45, 7) is 2.11. The maximum absolute atomic E-state index is 11.8. The first-order valence-corrected chi connectivity index (χ1v) is 8.97. The molecule has 5 nitrogen and oxygen atoms in total. The first-order valence-electron chi connectivity index (χ1n) is 6.35. The van der Waals surface area contributed by atoms with Crippen molar-refractivity contribution in [1.82, 2.24) is 5.32 Å². The predicted molar refractivity (Wildman–Crippen MR) is 82.6 cm³/mol. The van der Waals surface area contributed by atoms with E-state index in [1.807, 2.05) is 25.1 Å². The van der Waals surface area contributed by atoms with Crippen LogP contribution in [0.5, 0.6) is 0 Å². The lowest BCUT2D eigenvalue weighted by Gasteiger charge is -2.12. The number of hydrogen-bond acceptors (Lipinski definition) is 4. The van der Waals surface area contributed by atoms with Crippen molar-refractivity contribution >= 4 is 37.4 Å². The number of benzene rings is 1. The normalized spacial score (nSPS) is 20.6. The van der Waals surface area contributed by atoms with Crippen LogP contribution in [0.15, 0.2) is 22.7 Å². The number of halogens is 1. The molecule has 7 heteroatoms. The van der Waals surface area contributed by atoms with Gasteiger partial charge in [-0.1, -0.05) is 15.9 Å². The van der Waals surface area contributed by atoms with Crippen LogP contribution in [0, 0.1) is 6.92 Å². The quantitative estimate of drug-likeness (QED) is 0.852. The van der Waals surface area contributed by atoms with E-state index in [2.05, 4.69) is 26.6 Å². The minimum atomic E-state index is -2.96. The van der Waals surface area contributed by atoms with E-state index in [-0.39, 0.29) is 30.0 Å². The average Bonchev–Trinajstić information content (AvgIpc) is 2.70. The molecular weight excluding hydrogens is 344 g/mol. The monoisotopic (exact) mass is 360 g/mol. The van der Waals surface area contributed by atoms with Crippen molar-refractivity contribution in [1.29, 1.82) is 0 Å². The van der Waals surface area contributed by atoms with E-state index in [1.54, 1.807) is 0 Å². The highest BCUT2D eigenvalue weighted by Gasteiger charge is 2.28. The number of sulfone groups is 1. The molecule has 0 bridgehead atoms. The van der Waals surface area contributed by atoms with Gasteiger partial charge in [0.2, 0.25) is 5.91 Å². The molecule has 1 unspecified atom stereocenters. The molecule has 110 valence electrons. The van der Waals surface area contributed by atoms with Crippen LogP contribution >= 0.6 is 15.9 Å².